The van der Waals surface area contributed by atoms with E-state index in [0.29, 0.717) is 18.2 Å². The molecule has 1 aromatic heterocycles. The molecule has 5 nitrogen and oxygen atoms in total. The molecule has 19 heavy (non-hydrogen) atoms. The SMILES string of the molecule is COCc1nc(N)cc(Sc2ccc(OC)cc2)n1. The summed E-state index contributed by atoms with van der Waals surface area (Å²) in [5.74, 6) is 1.85. The van der Waals surface area contributed by atoms with Gasteiger partial charge in [-0.05, 0) is 24.3 Å². The summed E-state index contributed by atoms with van der Waals surface area (Å²) in [6.45, 7) is 0.348. The van der Waals surface area contributed by atoms with Crippen LogP contribution >= 0.6 is 11.8 Å². The van der Waals surface area contributed by atoms with Gasteiger partial charge in [0.1, 0.15) is 23.2 Å². The lowest BCUT2D eigenvalue weighted by Gasteiger charge is -2.06. The molecule has 0 fully saturated rings. The van der Waals surface area contributed by atoms with Gasteiger partial charge in [0.25, 0.3) is 0 Å². The van der Waals surface area contributed by atoms with Crippen LogP contribution in [0.4, 0.5) is 5.82 Å². The van der Waals surface area contributed by atoms with Crippen molar-refractivity contribution in [1.82, 2.24) is 9.97 Å². The van der Waals surface area contributed by atoms with Crippen LogP contribution in [0.3, 0.4) is 0 Å². The van der Waals surface area contributed by atoms with Crippen molar-refractivity contribution in [2.24, 2.45) is 0 Å². The lowest BCUT2D eigenvalue weighted by atomic mass is 10.3. The zero-order valence-electron chi connectivity index (χ0n) is 10.8. The highest BCUT2D eigenvalue weighted by Crippen LogP contribution is 2.28. The van der Waals surface area contributed by atoms with Crippen LogP contribution in [0, 0.1) is 0 Å². The summed E-state index contributed by atoms with van der Waals surface area (Å²) in [7, 11) is 3.24. The molecule has 0 bridgehead atoms. The van der Waals surface area contributed by atoms with E-state index in [-0.39, 0.29) is 0 Å². The van der Waals surface area contributed by atoms with Crippen LogP contribution in [-0.2, 0) is 11.3 Å². The minimum Gasteiger partial charge on any atom is -0.497 e. The molecule has 0 aliphatic rings. The number of nitrogens with two attached hydrogens (primary N) is 1. The van der Waals surface area contributed by atoms with E-state index in [4.69, 9.17) is 15.2 Å². The van der Waals surface area contributed by atoms with Crippen LogP contribution in [0.25, 0.3) is 0 Å². The molecule has 0 spiro atoms. The minimum atomic E-state index is 0.348. The highest BCUT2D eigenvalue weighted by molar-refractivity contribution is 7.99. The molecule has 0 aliphatic heterocycles. The summed E-state index contributed by atoms with van der Waals surface area (Å²) in [4.78, 5) is 9.54. The summed E-state index contributed by atoms with van der Waals surface area (Å²) >= 11 is 1.52. The standard InChI is InChI=1S/C13H15N3O2S/c1-17-8-12-15-11(14)7-13(16-12)19-10-5-3-9(18-2)4-6-10/h3-7H,8H2,1-2H3,(H2,14,15,16). The number of nitrogens with zero attached hydrogens (tertiary/aromatic N) is 2. The van der Waals surface area contributed by atoms with Crippen molar-refractivity contribution in [3.8, 4) is 5.75 Å². The first-order valence-corrected chi connectivity index (χ1v) is 6.47. The molecule has 0 aliphatic carbocycles. The number of rotatable bonds is 5. The topological polar surface area (TPSA) is 70.3 Å². The Morgan fingerprint density at radius 1 is 1.16 bits per heavy atom. The molecule has 6 heteroatoms. The van der Waals surface area contributed by atoms with Crippen molar-refractivity contribution in [3.63, 3.8) is 0 Å². The molecule has 0 amide bonds. The van der Waals surface area contributed by atoms with Crippen molar-refractivity contribution in [2.45, 2.75) is 16.5 Å². The molecule has 0 saturated heterocycles. The Morgan fingerprint density at radius 3 is 2.53 bits per heavy atom. The Labute approximate surface area is 116 Å². The second-order valence-corrected chi connectivity index (χ2v) is 4.85. The highest BCUT2D eigenvalue weighted by atomic mass is 32.2. The van der Waals surface area contributed by atoms with E-state index in [2.05, 4.69) is 9.97 Å². The quantitative estimate of drug-likeness (QED) is 0.846. The molecule has 100 valence electrons. The van der Waals surface area contributed by atoms with Gasteiger partial charge < -0.3 is 15.2 Å². The first-order chi connectivity index (χ1) is 9.21. The zero-order chi connectivity index (χ0) is 13.7. The Hall–Kier alpha value is -1.79. The summed E-state index contributed by atoms with van der Waals surface area (Å²) < 4.78 is 10.1. The van der Waals surface area contributed by atoms with E-state index < -0.39 is 0 Å². The Balaban J connectivity index is 2.17. The Bertz CT molecular complexity index is 546. The average molecular weight is 277 g/mol. The molecule has 0 atom stereocenters. The van der Waals surface area contributed by atoms with Crippen molar-refractivity contribution in [2.75, 3.05) is 20.0 Å². The normalized spacial score (nSPS) is 10.4. The first-order valence-electron chi connectivity index (χ1n) is 5.65. The maximum atomic E-state index is 5.75. The third-order valence-corrected chi connectivity index (χ3v) is 3.25. The molecule has 0 radical (unpaired) electrons. The van der Waals surface area contributed by atoms with Crippen LogP contribution in [-0.4, -0.2) is 24.2 Å². The third kappa shape index (κ3) is 3.84. The minimum absolute atomic E-state index is 0.348. The maximum Gasteiger partial charge on any atom is 0.157 e. The van der Waals surface area contributed by atoms with Crippen LogP contribution in [0.5, 0.6) is 5.75 Å². The van der Waals surface area contributed by atoms with E-state index in [1.807, 2.05) is 24.3 Å². The number of aromatic nitrogens is 2. The highest BCUT2D eigenvalue weighted by Gasteiger charge is 2.05. The number of ether oxygens (including phenoxy) is 2. The number of hydrogen-bond donors (Lipinski definition) is 1. The molecule has 0 saturated carbocycles. The van der Waals surface area contributed by atoms with Gasteiger partial charge in [-0.2, -0.15) is 0 Å². The van der Waals surface area contributed by atoms with Crippen LogP contribution in [0.2, 0.25) is 0 Å². The predicted octanol–water partition coefficient (Wildman–Crippen LogP) is 2.37. The molecule has 2 N–H and O–H groups in total. The van der Waals surface area contributed by atoms with E-state index in [0.717, 1.165) is 15.7 Å². The number of anilines is 1. The fourth-order valence-corrected chi connectivity index (χ4v) is 2.35. The number of hydrogen-bond acceptors (Lipinski definition) is 6. The van der Waals surface area contributed by atoms with Gasteiger partial charge in [0, 0.05) is 18.1 Å². The average Bonchev–Trinajstić information content (AvgIpc) is 2.39. The molecule has 0 unspecified atom stereocenters. The molecule has 1 aromatic carbocycles. The van der Waals surface area contributed by atoms with Crippen LogP contribution < -0.4 is 10.5 Å². The smallest absolute Gasteiger partial charge is 0.157 e. The summed E-state index contributed by atoms with van der Waals surface area (Å²) in [6.07, 6.45) is 0. The maximum absolute atomic E-state index is 5.75. The fourth-order valence-electron chi connectivity index (χ4n) is 1.50. The second-order valence-electron chi connectivity index (χ2n) is 3.76. The molecular weight excluding hydrogens is 262 g/mol. The molecule has 2 rings (SSSR count). The lowest BCUT2D eigenvalue weighted by Crippen LogP contribution is -2.01. The van der Waals surface area contributed by atoms with Gasteiger partial charge in [-0.25, -0.2) is 9.97 Å². The van der Waals surface area contributed by atoms with Crippen molar-refractivity contribution in [1.29, 1.82) is 0 Å². The second kappa shape index (κ2) is 6.40. The first kappa shape index (κ1) is 13.6. The van der Waals surface area contributed by atoms with Crippen molar-refractivity contribution >= 4 is 17.6 Å². The van der Waals surface area contributed by atoms with Gasteiger partial charge in [0.2, 0.25) is 0 Å². The van der Waals surface area contributed by atoms with Gasteiger partial charge >= 0.3 is 0 Å². The van der Waals surface area contributed by atoms with Gasteiger partial charge in [0.15, 0.2) is 5.82 Å². The van der Waals surface area contributed by atoms with Crippen molar-refractivity contribution in [3.05, 3.63) is 36.2 Å². The zero-order valence-corrected chi connectivity index (χ0v) is 11.6. The van der Waals surface area contributed by atoms with E-state index in [1.54, 1.807) is 20.3 Å². The number of nitrogen functional groups attached to an aromatic ring is 1. The molecular formula is C13H15N3O2S. The third-order valence-electron chi connectivity index (χ3n) is 2.32. The Morgan fingerprint density at radius 2 is 1.89 bits per heavy atom. The van der Waals surface area contributed by atoms with Gasteiger partial charge in [-0.3, -0.25) is 0 Å². The van der Waals surface area contributed by atoms with E-state index in [9.17, 15) is 0 Å². The number of benzene rings is 1. The van der Waals surface area contributed by atoms with Crippen LogP contribution in [0.15, 0.2) is 40.3 Å². The fraction of sp³-hybridized carbons (Fsp3) is 0.231. The molecule has 2 aromatic rings. The van der Waals surface area contributed by atoms with E-state index >= 15 is 0 Å². The largest absolute Gasteiger partial charge is 0.497 e. The van der Waals surface area contributed by atoms with Crippen molar-refractivity contribution < 1.29 is 9.47 Å². The van der Waals surface area contributed by atoms with Gasteiger partial charge in [-0.1, -0.05) is 11.8 Å². The Kier molecular flexibility index (Phi) is 4.59. The molecule has 1 heterocycles. The van der Waals surface area contributed by atoms with Crippen LogP contribution in [0.1, 0.15) is 5.82 Å². The van der Waals surface area contributed by atoms with E-state index in [1.165, 1.54) is 11.8 Å². The van der Waals surface area contributed by atoms with Gasteiger partial charge in [0.05, 0.1) is 7.11 Å². The monoisotopic (exact) mass is 277 g/mol. The summed E-state index contributed by atoms with van der Waals surface area (Å²) in [5.41, 5.74) is 5.75. The predicted molar refractivity (Wildman–Crippen MR) is 74.3 cm³/mol. The lowest BCUT2D eigenvalue weighted by molar-refractivity contribution is 0.177. The van der Waals surface area contributed by atoms with Gasteiger partial charge in [-0.15, -0.1) is 0 Å². The summed E-state index contributed by atoms with van der Waals surface area (Å²) in [5, 5.41) is 0.796. The summed E-state index contributed by atoms with van der Waals surface area (Å²) in [6, 6.07) is 9.50. The number of methoxy groups -OCH3 is 2.